The lowest BCUT2D eigenvalue weighted by Crippen LogP contribution is -2.54. The number of rotatable bonds is 3. The van der Waals surface area contributed by atoms with Gasteiger partial charge in [0.1, 0.15) is 17.3 Å². The van der Waals surface area contributed by atoms with E-state index in [9.17, 15) is 10.1 Å². The smallest absolute Gasteiger partial charge is 0.408 e. The van der Waals surface area contributed by atoms with Gasteiger partial charge in [-0.25, -0.2) is 9.78 Å². The Labute approximate surface area is 200 Å². The number of anilines is 1. The van der Waals surface area contributed by atoms with Crippen LogP contribution in [-0.2, 0) is 10.3 Å². The Morgan fingerprint density at radius 1 is 1.25 bits per heavy atom. The van der Waals surface area contributed by atoms with Gasteiger partial charge in [0.2, 0.25) is 5.95 Å². The minimum atomic E-state index is -0.576. The second kappa shape index (κ2) is 8.58. The highest BCUT2D eigenvalue weighted by molar-refractivity contribution is 14.1. The first-order valence-electron chi connectivity index (χ1n) is 10.5. The molecule has 2 N–H and O–H groups in total. The van der Waals surface area contributed by atoms with Crippen LogP contribution < -0.4 is 10.2 Å². The number of ether oxygens (including phenoxy) is 1. The Hall–Kier alpha value is -2.87. The third kappa shape index (κ3) is 4.50. The van der Waals surface area contributed by atoms with E-state index < -0.39 is 17.2 Å². The number of hydrogen-bond acceptors (Lipinski definition) is 6. The van der Waals surface area contributed by atoms with Crippen molar-refractivity contribution in [1.82, 2.24) is 20.3 Å². The first-order valence-corrected chi connectivity index (χ1v) is 11.5. The fraction of sp³-hybridized carbons (Fsp3) is 0.391. The number of halogens is 1. The first kappa shape index (κ1) is 22.3. The van der Waals surface area contributed by atoms with E-state index in [1.165, 1.54) is 0 Å². The molecule has 3 heterocycles. The summed E-state index contributed by atoms with van der Waals surface area (Å²) in [6.45, 7) is 6.81. The Balaban J connectivity index is 1.60. The molecule has 9 heteroatoms. The number of hydrogen-bond donors (Lipinski definition) is 2. The summed E-state index contributed by atoms with van der Waals surface area (Å²) in [4.78, 5) is 27.0. The van der Waals surface area contributed by atoms with E-state index in [0.29, 0.717) is 43.2 Å². The minimum absolute atomic E-state index is 0.363. The van der Waals surface area contributed by atoms with Crippen molar-refractivity contribution in [2.75, 3.05) is 18.0 Å². The van der Waals surface area contributed by atoms with Gasteiger partial charge in [0.15, 0.2) is 5.69 Å². The van der Waals surface area contributed by atoms with Gasteiger partial charge in [-0.2, -0.15) is 10.2 Å². The molecule has 4 rings (SSSR count). The lowest BCUT2D eigenvalue weighted by atomic mass is 9.81. The highest BCUT2D eigenvalue weighted by atomic mass is 127. The molecule has 3 aromatic rings. The average Bonchev–Trinajstić information content (AvgIpc) is 3.13. The van der Waals surface area contributed by atoms with E-state index in [1.54, 1.807) is 0 Å². The second-order valence-electron chi connectivity index (χ2n) is 8.91. The predicted octanol–water partition coefficient (Wildman–Crippen LogP) is 4.45. The third-order valence-electron chi connectivity index (χ3n) is 5.54. The van der Waals surface area contributed by atoms with Crippen molar-refractivity contribution in [1.29, 1.82) is 5.26 Å². The van der Waals surface area contributed by atoms with Crippen molar-refractivity contribution < 1.29 is 9.53 Å². The maximum absolute atomic E-state index is 12.7. The van der Waals surface area contributed by atoms with Crippen LogP contribution >= 0.6 is 22.6 Å². The highest BCUT2D eigenvalue weighted by Crippen LogP contribution is 2.35. The fourth-order valence-electron chi connectivity index (χ4n) is 4.04. The lowest BCUT2D eigenvalue weighted by Gasteiger charge is -2.42. The van der Waals surface area contributed by atoms with E-state index in [-0.39, 0.29) is 0 Å². The summed E-state index contributed by atoms with van der Waals surface area (Å²) >= 11 is 2.17. The minimum Gasteiger partial charge on any atom is -0.444 e. The first-order chi connectivity index (χ1) is 15.2. The molecule has 0 aliphatic carbocycles. The van der Waals surface area contributed by atoms with E-state index in [2.05, 4.69) is 53.8 Å². The summed E-state index contributed by atoms with van der Waals surface area (Å²) in [5.41, 5.74) is 0.931. The average molecular weight is 544 g/mol. The van der Waals surface area contributed by atoms with E-state index in [4.69, 9.17) is 4.74 Å². The van der Waals surface area contributed by atoms with E-state index >= 15 is 0 Å². The fourth-order valence-corrected chi connectivity index (χ4v) is 4.70. The number of nitriles is 1. The molecule has 1 saturated heterocycles. The van der Waals surface area contributed by atoms with Gasteiger partial charge in [-0.15, -0.1) is 0 Å². The molecule has 0 bridgehead atoms. The van der Waals surface area contributed by atoms with Gasteiger partial charge in [-0.1, -0.05) is 30.3 Å². The van der Waals surface area contributed by atoms with Crippen LogP contribution in [0.4, 0.5) is 10.7 Å². The number of H-pyrrole nitrogens is 1. The number of piperidine rings is 1. The van der Waals surface area contributed by atoms with Gasteiger partial charge in [0.25, 0.3) is 0 Å². The zero-order chi connectivity index (χ0) is 22.9. The molecular formula is C23H25IN6O2. The van der Waals surface area contributed by atoms with Crippen molar-refractivity contribution in [2.45, 2.75) is 44.8 Å². The number of carbonyl (C=O) groups excluding carboxylic acids is 1. The van der Waals surface area contributed by atoms with Crippen LogP contribution in [0.15, 0.2) is 36.5 Å². The monoisotopic (exact) mass is 544 g/mol. The summed E-state index contributed by atoms with van der Waals surface area (Å²) < 4.78 is 6.47. The number of fused-ring (bicyclic) bond motifs is 1. The van der Waals surface area contributed by atoms with Gasteiger partial charge in [0, 0.05) is 22.9 Å². The number of amides is 1. The maximum atomic E-state index is 12.7. The van der Waals surface area contributed by atoms with Crippen molar-refractivity contribution >= 4 is 45.7 Å². The zero-order valence-electron chi connectivity index (χ0n) is 18.3. The number of carbonyl (C=O) groups is 1. The SMILES string of the molecule is CC(C)(C)OC(=O)NC1(c2ccccc2)CCN(c2nc(C#N)c3c(I)c[nH]c3n2)CC1. The molecule has 0 radical (unpaired) electrons. The molecule has 1 aliphatic heterocycles. The van der Waals surface area contributed by atoms with Crippen LogP contribution in [-0.4, -0.2) is 39.7 Å². The second-order valence-corrected chi connectivity index (χ2v) is 10.1. The Morgan fingerprint density at radius 2 is 1.94 bits per heavy atom. The maximum Gasteiger partial charge on any atom is 0.408 e. The largest absolute Gasteiger partial charge is 0.444 e. The summed E-state index contributed by atoms with van der Waals surface area (Å²) in [5, 5.41) is 13.5. The Bertz CT molecular complexity index is 1170. The summed E-state index contributed by atoms with van der Waals surface area (Å²) in [5.74, 6) is 0.520. The normalized spacial score (nSPS) is 15.9. The third-order valence-corrected chi connectivity index (χ3v) is 6.39. The van der Waals surface area contributed by atoms with Gasteiger partial charge in [-0.3, -0.25) is 0 Å². The number of aromatic nitrogens is 3. The molecule has 1 aromatic carbocycles. The van der Waals surface area contributed by atoms with Crippen LogP contribution in [0.25, 0.3) is 11.0 Å². The van der Waals surface area contributed by atoms with E-state index in [0.717, 1.165) is 14.5 Å². The summed E-state index contributed by atoms with van der Waals surface area (Å²) in [7, 11) is 0. The van der Waals surface area contributed by atoms with Crippen LogP contribution in [0.5, 0.6) is 0 Å². The number of alkyl carbamates (subject to hydrolysis) is 1. The van der Waals surface area contributed by atoms with Crippen molar-refractivity contribution in [2.24, 2.45) is 0 Å². The summed E-state index contributed by atoms with van der Waals surface area (Å²) in [6, 6.07) is 12.2. The number of aromatic amines is 1. The van der Waals surface area contributed by atoms with Crippen molar-refractivity contribution in [3.63, 3.8) is 0 Å². The van der Waals surface area contributed by atoms with Crippen LogP contribution in [0.2, 0.25) is 0 Å². The number of nitrogens with one attached hydrogen (secondary N) is 2. The quantitative estimate of drug-likeness (QED) is 0.472. The topological polar surface area (TPSA) is 107 Å². The molecule has 0 spiro atoms. The van der Waals surface area contributed by atoms with Gasteiger partial charge >= 0.3 is 6.09 Å². The van der Waals surface area contributed by atoms with Crippen molar-refractivity contribution in [3.05, 3.63) is 51.4 Å². The van der Waals surface area contributed by atoms with Gasteiger partial charge in [-0.05, 0) is 61.8 Å². The summed E-state index contributed by atoms with van der Waals surface area (Å²) in [6.07, 6.45) is 2.70. The van der Waals surface area contributed by atoms with Gasteiger partial charge < -0.3 is 19.9 Å². The molecule has 32 heavy (non-hydrogen) atoms. The molecule has 2 aromatic heterocycles. The highest BCUT2D eigenvalue weighted by Gasteiger charge is 2.39. The molecule has 0 saturated carbocycles. The van der Waals surface area contributed by atoms with Crippen LogP contribution in [0.1, 0.15) is 44.9 Å². The molecular weight excluding hydrogens is 519 g/mol. The molecule has 8 nitrogen and oxygen atoms in total. The molecule has 0 atom stereocenters. The molecule has 1 amide bonds. The van der Waals surface area contributed by atoms with Crippen molar-refractivity contribution in [3.8, 4) is 6.07 Å². The lowest BCUT2D eigenvalue weighted by molar-refractivity contribution is 0.0431. The van der Waals surface area contributed by atoms with Crippen LogP contribution in [0, 0.1) is 14.9 Å². The molecule has 0 unspecified atom stereocenters. The Morgan fingerprint density at radius 3 is 2.56 bits per heavy atom. The number of nitrogens with zero attached hydrogens (tertiary/aromatic N) is 4. The van der Waals surface area contributed by atoms with E-state index in [1.807, 2.05) is 57.3 Å². The number of benzene rings is 1. The van der Waals surface area contributed by atoms with Crippen LogP contribution in [0.3, 0.4) is 0 Å². The predicted molar refractivity (Wildman–Crippen MR) is 130 cm³/mol. The molecule has 1 fully saturated rings. The molecule has 1 aliphatic rings. The zero-order valence-corrected chi connectivity index (χ0v) is 20.4. The molecule has 166 valence electrons. The van der Waals surface area contributed by atoms with Gasteiger partial charge in [0.05, 0.1) is 10.9 Å². The Kier molecular flexibility index (Phi) is 5.99. The standard InChI is InChI=1S/C23H25IN6O2/c1-22(2,3)32-21(31)29-23(15-7-5-4-6-8-15)9-11-30(12-10-23)20-27-17(13-25)18-16(24)14-26-19(18)28-20/h4-8,14H,9-12H2,1-3H3,(H,29,31)(H,26,27,28).